The average molecular weight is 360 g/mol. The number of benzene rings is 3. The van der Waals surface area contributed by atoms with Crippen molar-refractivity contribution in [1.82, 2.24) is 0 Å². The lowest BCUT2D eigenvalue weighted by atomic mass is 10.1. The zero-order valence-corrected chi connectivity index (χ0v) is 15.2. The third kappa shape index (κ3) is 3.42. The highest BCUT2D eigenvalue weighted by molar-refractivity contribution is 5.79. The lowest BCUT2D eigenvalue weighted by molar-refractivity contribution is 0.884. The van der Waals surface area contributed by atoms with Gasteiger partial charge in [0.15, 0.2) is 0 Å². The molecule has 0 radical (unpaired) electrons. The Morgan fingerprint density at radius 1 is 0.815 bits per heavy atom. The third-order valence-electron chi connectivity index (χ3n) is 4.86. The number of nitrogens with two attached hydrogens (primary N) is 3. The van der Waals surface area contributed by atoms with E-state index in [9.17, 15) is 0 Å². The van der Waals surface area contributed by atoms with Crippen LogP contribution in [0.4, 0.5) is 34.1 Å². The summed E-state index contributed by atoms with van der Waals surface area (Å²) in [6.07, 6.45) is -0.0346. The van der Waals surface area contributed by atoms with E-state index in [0.29, 0.717) is 5.69 Å². The van der Waals surface area contributed by atoms with E-state index in [4.69, 9.17) is 17.2 Å². The highest BCUT2D eigenvalue weighted by Gasteiger charge is 2.21. The van der Waals surface area contributed by atoms with Crippen molar-refractivity contribution in [2.45, 2.75) is 19.1 Å². The van der Waals surface area contributed by atoms with Crippen molar-refractivity contribution in [2.75, 3.05) is 33.2 Å². The molecular weight excluding hydrogens is 336 g/mol. The predicted octanol–water partition coefficient (Wildman–Crippen LogP) is 4.14. The smallest absolute Gasteiger partial charge is 0.123 e. The molecule has 0 fully saturated rings. The fourth-order valence-electron chi connectivity index (χ4n) is 3.31. The second kappa shape index (κ2) is 6.64. The molecule has 138 valence electrons. The monoisotopic (exact) mass is 360 g/mol. The molecule has 2 atom stereocenters. The minimum absolute atomic E-state index is 0.0346. The molecule has 0 amide bonds. The summed E-state index contributed by atoms with van der Waals surface area (Å²) in [7, 11) is 0. The molecule has 0 saturated carbocycles. The number of nitrogens with one attached hydrogen (secondary N) is 3. The van der Waals surface area contributed by atoms with Gasteiger partial charge in [0.05, 0.1) is 22.7 Å². The minimum Gasteiger partial charge on any atom is -0.399 e. The van der Waals surface area contributed by atoms with E-state index in [1.165, 1.54) is 0 Å². The summed E-state index contributed by atoms with van der Waals surface area (Å²) in [6.45, 7) is 2.10. The molecule has 6 heteroatoms. The lowest BCUT2D eigenvalue weighted by Gasteiger charge is -2.19. The summed E-state index contributed by atoms with van der Waals surface area (Å²) >= 11 is 0. The number of rotatable bonds is 4. The molecule has 27 heavy (non-hydrogen) atoms. The maximum absolute atomic E-state index is 6.31. The van der Waals surface area contributed by atoms with E-state index in [1.54, 1.807) is 0 Å². The molecule has 1 aliphatic heterocycles. The van der Waals surface area contributed by atoms with Gasteiger partial charge in [0.25, 0.3) is 0 Å². The van der Waals surface area contributed by atoms with Gasteiger partial charge in [-0.3, -0.25) is 0 Å². The molecule has 0 aliphatic carbocycles. The Morgan fingerprint density at radius 2 is 1.52 bits per heavy atom. The van der Waals surface area contributed by atoms with E-state index in [0.717, 1.165) is 39.6 Å². The van der Waals surface area contributed by atoms with Crippen molar-refractivity contribution in [3.8, 4) is 0 Å². The highest BCUT2D eigenvalue weighted by Crippen LogP contribution is 2.37. The first kappa shape index (κ1) is 16.9. The average Bonchev–Trinajstić information content (AvgIpc) is 3.07. The van der Waals surface area contributed by atoms with Crippen molar-refractivity contribution in [2.24, 2.45) is 0 Å². The quantitative estimate of drug-likeness (QED) is 0.390. The van der Waals surface area contributed by atoms with Gasteiger partial charge >= 0.3 is 0 Å². The van der Waals surface area contributed by atoms with Gasteiger partial charge in [-0.1, -0.05) is 18.2 Å². The standard InChI is InChI=1S/C21H24N6/c1-12(13-2-5-15(22)6-3-13)25-18-8-4-14(10-17(18)24)21-26-19-9-7-16(23)11-20(19)27-21/h2-12,21,25-27H,22-24H2,1H3. The van der Waals surface area contributed by atoms with Crippen LogP contribution in [0, 0.1) is 0 Å². The molecule has 1 aliphatic rings. The fourth-order valence-corrected chi connectivity index (χ4v) is 3.31. The highest BCUT2D eigenvalue weighted by atomic mass is 15.2. The van der Waals surface area contributed by atoms with Crippen molar-refractivity contribution in [1.29, 1.82) is 0 Å². The van der Waals surface area contributed by atoms with Crippen LogP contribution in [0.2, 0.25) is 0 Å². The van der Waals surface area contributed by atoms with Crippen LogP contribution in [0.3, 0.4) is 0 Å². The van der Waals surface area contributed by atoms with Gasteiger partial charge < -0.3 is 33.2 Å². The largest absolute Gasteiger partial charge is 0.399 e. The van der Waals surface area contributed by atoms with Crippen LogP contribution in [-0.4, -0.2) is 0 Å². The van der Waals surface area contributed by atoms with Crippen LogP contribution in [0.25, 0.3) is 0 Å². The number of fused-ring (bicyclic) bond motifs is 1. The molecule has 0 bridgehead atoms. The summed E-state index contributed by atoms with van der Waals surface area (Å²) in [4.78, 5) is 0. The Labute approximate surface area is 158 Å². The maximum Gasteiger partial charge on any atom is 0.123 e. The molecule has 1 heterocycles. The third-order valence-corrected chi connectivity index (χ3v) is 4.86. The van der Waals surface area contributed by atoms with Crippen LogP contribution in [-0.2, 0) is 0 Å². The first-order chi connectivity index (χ1) is 13.0. The molecule has 3 aromatic rings. The summed E-state index contributed by atoms with van der Waals surface area (Å²) < 4.78 is 0. The van der Waals surface area contributed by atoms with Crippen molar-refractivity contribution < 1.29 is 0 Å². The van der Waals surface area contributed by atoms with Crippen molar-refractivity contribution in [3.05, 3.63) is 71.8 Å². The summed E-state index contributed by atoms with van der Waals surface area (Å²) in [6, 6.07) is 19.8. The molecular formula is C21H24N6. The second-order valence-corrected chi connectivity index (χ2v) is 6.91. The molecule has 4 rings (SSSR count). The van der Waals surface area contributed by atoms with Gasteiger partial charge in [-0.2, -0.15) is 0 Å². The molecule has 9 N–H and O–H groups in total. The molecule has 0 saturated heterocycles. The van der Waals surface area contributed by atoms with E-state index < -0.39 is 0 Å². The van der Waals surface area contributed by atoms with Gasteiger partial charge in [-0.25, -0.2) is 0 Å². The minimum atomic E-state index is -0.0346. The lowest BCUT2D eigenvalue weighted by Crippen LogP contribution is -2.13. The Morgan fingerprint density at radius 3 is 2.26 bits per heavy atom. The molecule has 6 nitrogen and oxygen atoms in total. The normalized spacial score (nSPS) is 16.1. The second-order valence-electron chi connectivity index (χ2n) is 6.91. The number of hydrogen-bond donors (Lipinski definition) is 6. The van der Waals surface area contributed by atoms with E-state index in [1.807, 2.05) is 54.6 Å². The van der Waals surface area contributed by atoms with Crippen LogP contribution in [0.1, 0.15) is 30.3 Å². The van der Waals surface area contributed by atoms with E-state index in [2.05, 4.69) is 28.9 Å². The van der Waals surface area contributed by atoms with Crippen LogP contribution >= 0.6 is 0 Å². The Kier molecular flexibility index (Phi) is 4.16. The first-order valence-electron chi connectivity index (χ1n) is 8.93. The van der Waals surface area contributed by atoms with Crippen LogP contribution in [0.5, 0.6) is 0 Å². The van der Waals surface area contributed by atoms with Crippen LogP contribution in [0.15, 0.2) is 60.7 Å². The van der Waals surface area contributed by atoms with E-state index in [-0.39, 0.29) is 12.2 Å². The molecule has 2 unspecified atom stereocenters. The molecule has 3 aromatic carbocycles. The summed E-state index contributed by atoms with van der Waals surface area (Å²) in [5.41, 5.74) is 25.3. The van der Waals surface area contributed by atoms with Gasteiger partial charge in [0.2, 0.25) is 0 Å². The molecule has 0 aromatic heterocycles. The molecule has 0 spiro atoms. The zero-order chi connectivity index (χ0) is 19.0. The summed E-state index contributed by atoms with van der Waals surface area (Å²) in [5.74, 6) is 0. The Bertz CT molecular complexity index is 967. The SMILES string of the molecule is CC(Nc1ccc(C2Nc3ccc(N)cc3N2)cc1N)c1ccc(N)cc1. The zero-order valence-electron chi connectivity index (χ0n) is 15.2. The fraction of sp³-hybridized carbons (Fsp3) is 0.143. The number of anilines is 6. The van der Waals surface area contributed by atoms with Crippen molar-refractivity contribution in [3.63, 3.8) is 0 Å². The number of hydrogen-bond acceptors (Lipinski definition) is 6. The van der Waals surface area contributed by atoms with E-state index >= 15 is 0 Å². The number of nitrogen functional groups attached to an aromatic ring is 3. The van der Waals surface area contributed by atoms with Gasteiger partial charge in [-0.15, -0.1) is 0 Å². The van der Waals surface area contributed by atoms with Gasteiger partial charge in [0, 0.05) is 17.4 Å². The predicted molar refractivity (Wildman–Crippen MR) is 115 cm³/mol. The summed E-state index contributed by atoms with van der Waals surface area (Å²) in [5, 5.41) is 10.3. The topological polar surface area (TPSA) is 114 Å². The Balaban J connectivity index is 1.49. The van der Waals surface area contributed by atoms with Crippen LogP contribution < -0.4 is 33.2 Å². The Hall–Kier alpha value is -3.54. The maximum atomic E-state index is 6.31. The van der Waals surface area contributed by atoms with Gasteiger partial charge in [0.1, 0.15) is 6.17 Å². The first-order valence-corrected chi connectivity index (χ1v) is 8.93. The van der Waals surface area contributed by atoms with Gasteiger partial charge in [-0.05, 0) is 60.5 Å². The van der Waals surface area contributed by atoms with Crippen molar-refractivity contribution >= 4 is 34.1 Å².